The van der Waals surface area contributed by atoms with Crippen molar-refractivity contribution in [1.29, 1.82) is 0 Å². The Morgan fingerprint density at radius 1 is 1.60 bits per heavy atom. The van der Waals surface area contributed by atoms with E-state index in [-0.39, 0.29) is 16.6 Å². The molecule has 0 aliphatic carbocycles. The van der Waals surface area contributed by atoms with Crippen LogP contribution in [0, 0.1) is 0 Å². The molecule has 0 amide bonds. The van der Waals surface area contributed by atoms with Crippen LogP contribution in [0.3, 0.4) is 0 Å². The first-order chi connectivity index (χ1) is 7.02. The van der Waals surface area contributed by atoms with Crippen molar-refractivity contribution in [1.82, 2.24) is 4.98 Å². The van der Waals surface area contributed by atoms with Crippen LogP contribution < -0.4 is 4.72 Å². The van der Waals surface area contributed by atoms with Gasteiger partial charge in [0.15, 0.2) is 5.82 Å². The van der Waals surface area contributed by atoms with Gasteiger partial charge in [-0.25, -0.2) is 14.0 Å². The molecule has 1 rings (SSSR count). The molecular formula is C9H12N2O3S. The predicted molar refractivity (Wildman–Crippen MR) is 58.1 cm³/mol. The van der Waals surface area contributed by atoms with E-state index in [0.717, 1.165) is 0 Å². The first-order valence-corrected chi connectivity index (χ1v) is 5.59. The van der Waals surface area contributed by atoms with Crippen LogP contribution in [-0.4, -0.2) is 25.5 Å². The first kappa shape index (κ1) is 11.6. The first-order valence-electron chi connectivity index (χ1n) is 4.38. The van der Waals surface area contributed by atoms with Gasteiger partial charge in [-0.1, -0.05) is 0 Å². The van der Waals surface area contributed by atoms with Crippen molar-refractivity contribution in [3.8, 4) is 0 Å². The number of rotatable bonds is 4. The molecule has 0 saturated heterocycles. The summed E-state index contributed by atoms with van der Waals surface area (Å²) < 4.78 is 14.0. The molecule has 15 heavy (non-hydrogen) atoms. The quantitative estimate of drug-likeness (QED) is 0.813. The number of anilines is 1. The van der Waals surface area contributed by atoms with E-state index < -0.39 is 17.0 Å². The molecule has 6 heteroatoms. The number of aromatic carboxylic acids is 1. The van der Waals surface area contributed by atoms with E-state index in [9.17, 15) is 9.00 Å². The zero-order valence-electron chi connectivity index (χ0n) is 8.43. The summed E-state index contributed by atoms with van der Waals surface area (Å²) in [5, 5.41) is 8.74. The van der Waals surface area contributed by atoms with Gasteiger partial charge in [0.25, 0.3) is 0 Å². The molecule has 2 N–H and O–H groups in total. The fourth-order valence-corrected chi connectivity index (χ4v) is 1.46. The SMILES string of the molecule is CC(C)S(=O)Nc1ncccc1C(=O)O. The summed E-state index contributed by atoms with van der Waals surface area (Å²) >= 11 is 0. The number of pyridine rings is 1. The highest BCUT2D eigenvalue weighted by molar-refractivity contribution is 7.86. The van der Waals surface area contributed by atoms with Crippen LogP contribution in [0.5, 0.6) is 0 Å². The Balaban J connectivity index is 2.94. The fraction of sp³-hybridized carbons (Fsp3) is 0.333. The molecule has 0 spiro atoms. The Kier molecular flexibility index (Phi) is 3.79. The number of carboxylic acids is 1. The Morgan fingerprint density at radius 3 is 2.80 bits per heavy atom. The van der Waals surface area contributed by atoms with E-state index in [0.29, 0.717) is 0 Å². The van der Waals surface area contributed by atoms with Crippen molar-refractivity contribution in [2.45, 2.75) is 19.1 Å². The third-order valence-electron chi connectivity index (χ3n) is 1.66. The molecule has 0 fully saturated rings. The molecule has 1 aromatic heterocycles. The second-order valence-electron chi connectivity index (χ2n) is 3.15. The van der Waals surface area contributed by atoms with Crippen molar-refractivity contribution in [3.63, 3.8) is 0 Å². The van der Waals surface area contributed by atoms with Crippen LogP contribution in [0.4, 0.5) is 5.82 Å². The molecule has 0 aliphatic heterocycles. The Labute approximate surface area is 90.1 Å². The molecule has 0 saturated carbocycles. The van der Waals surface area contributed by atoms with Crippen molar-refractivity contribution in [2.75, 3.05) is 4.72 Å². The zero-order chi connectivity index (χ0) is 11.4. The molecule has 0 aliphatic rings. The Bertz CT molecular complexity index is 393. The van der Waals surface area contributed by atoms with E-state index in [1.54, 1.807) is 13.8 Å². The minimum Gasteiger partial charge on any atom is -0.478 e. The normalized spacial score (nSPS) is 12.5. The number of nitrogens with zero attached hydrogens (tertiary/aromatic N) is 1. The van der Waals surface area contributed by atoms with E-state index in [1.165, 1.54) is 18.3 Å². The van der Waals surface area contributed by atoms with Gasteiger partial charge in [-0.3, -0.25) is 4.72 Å². The monoisotopic (exact) mass is 228 g/mol. The van der Waals surface area contributed by atoms with E-state index in [4.69, 9.17) is 5.11 Å². The minimum absolute atomic E-state index is 0.0199. The highest BCUT2D eigenvalue weighted by Gasteiger charge is 2.13. The molecule has 1 unspecified atom stereocenters. The molecule has 0 aromatic carbocycles. The van der Waals surface area contributed by atoms with Gasteiger partial charge >= 0.3 is 5.97 Å². The summed E-state index contributed by atoms with van der Waals surface area (Å²) in [4.78, 5) is 14.6. The highest BCUT2D eigenvalue weighted by atomic mass is 32.2. The predicted octanol–water partition coefficient (Wildman–Crippen LogP) is 1.26. The second kappa shape index (κ2) is 4.88. The lowest BCUT2D eigenvalue weighted by Gasteiger charge is -2.09. The summed E-state index contributed by atoms with van der Waals surface area (Å²) in [7, 11) is -1.33. The number of nitrogens with one attached hydrogen (secondary N) is 1. The van der Waals surface area contributed by atoms with Crippen LogP contribution in [0.25, 0.3) is 0 Å². The van der Waals surface area contributed by atoms with Gasteiger partial charge in [0.1, 0.15) is 16.5 Å². The fourth-order valence-electron chi connectivity index (χ4n) is 0.872. The molecule has 1 atom stereocenters. The number of hydrogen-bond donors (Lipinski definition) is 2. The minimum atomic E-state index is -1.33. The third-order valence-corrected chi connectivity index (χ3v) is 2.91. The van der Waals surface area contributed by atoms with Gasteiger partial charge in [0.05, 0.1) is 0 Å². The molecule has 0 radical (unpaired) electrons. The maximum absolute atomic E-state index is 11.5. The molecule has 82 valence electrons. The molecular weight excluding hydrogens is 216 g/mol. The smallest absolute Gasteiger partial charge is 0.339 e. The molecule has 5 nitrogen and oxygen atoms in total. The van der Waals surface area contributed by atoms with E-state index in [2.05, 4.69) is 9.71 Å². The lowest BCUT2D eigenvalue weighted by molar-refractivity contribution is 0.0697. The van der Waals surface area contributed by atoms with Crippen LogP contribution in [0.15, 0.2) is 18.3 Å². The lowest BCUT2D eigenvalue weighted by atomic mass is 10.3. The number of aromatic nitrogens is 1. The van der Waals surface area contributed by atoms with Gasteiger partial charge in [-0.05, 0) is 26.0 Å². The zero-order valence-corrected chi connectivity index (χ0v) is 9.25. The number of carbonyl (C=O) groups is 1. The average Bonchev–Trinajstić information content (AvgIpc) is 2.18. The number of hydrogen-bond acceptors (Lipinski definition) is 3. The molecule has 1 aromatic rings. The van der Waals surface area contributed by atoms with Gasteiger partial charge in [-0.15, -0.1) is 0 Å². The Morgan fingerprint density at radius 2 is 2.27 bits per heavy atom. The second-order valence-corrected chi connectivity index (χ2v) is 4.89. The van der Waals surface area contributed by atoms with Gasteiger partial charge in [0, 0.05) is 11.4 Å². The molecule has 1 heterocycles. The summed E-state index contributed by atoms with van der Waals surface area (Å²) in [5.41, 5.74) is 0.0199. The summed E-state index contributed by atoms with van der Waals surface area (Å²) in [6.07, 6.45) is 1.45. The van der Waals surface area contributed by atoms with E-state index in [1.807, 2.05) is 0 Å². The van der Waals surface area contributed by atoms with Crippen molar-refractivity contribution in [3.05, 3.63) is 23.9 Å². The third kappa shape index (κ3) is 3.02. The summed E-state index contributed by atoms with van der Waals surface area (Å²) in [6, 6.07) is 2.93. The summed E-state index contributed by atoms with van der Waals surface area (Å²) in [6.45, 7) is 3.54. The maximum atomic E-state index is 11.5. The highest BCUT2D eigenvalue weighted by Crippen LogP contribution is 2.12. The standard InChI is InChI=1S/C9H12N2O3S/c1-6(2)15(14)11-8-7(9(12)13)4-3-5-10-8/h3-6H,1-2H3,(H,10,11)(H,12,13). The molecule has 0 bridgehead atoms. The van der Waals surface area contributed by atoms with E-state index >= 15 is 0 Å². The summed E-state index contributed by atoms with van der Waals surface area (Å²) in [5.74, 6) is -0.955. The largest absolute Gasteiger partial charge is 0.478 e. The van der Waals surface area contributed by atoms with Crippen molar-refractivity contribution in [2.24, 2.45) is 0 Å². The average molecular weight is 228 g/mol. The Hall–Kier alpha value is -1.43. The lowest BCUT2D eigenvalue weighted by Crippen LogP contribution is -2.17. The van der Waals surface area contributed by atoms with Crippen molar-refractivity contribution < 1.29 is 14.1 Å². The number of carboxylic acid groups (broad SMARTS) is 1. The van der Waals surface area contributed by atoms with Gasteiger partial charge < -0.3 is 5.11 Å². The maximum Gasteiger partial charge on any atom is 0.339 e. The van der Waals surface area contributed by atoms with Gasteiger partial charge in [-0.2, -0.15) is 0 Å². The van der Waals surface area contributed by atoms with Gasteiger partial charge in [0.2, 0.25) is 0 Å². The van der Waals surface area contributed by atoms with Crippen LogP contribution >= 0.6 is 0 Å². The topological polar surface area (TPSA) is 79.3 Å². The van der Waals surface area contributed by atoms with Crippen LogP contribution in [-0.2, 0) is 11.0 Å². The van der Waals surface area contributed by atoms with Crippen LogP contribution in [0.2, 0.25) is 0 Å². The van der Waals surface area contributed by atoms with Crippen molar-refractivity contribution >= 4 is 22.8 Å². The van der Waals surface area contributed by atoms with Crippen LogP contribution in [0.1, 0.15) is 24.2 Å².